The van der Waals surface area contributed by atoms with E-state index in [1.54, 1.807) is 0 Å². The molecule has 2 aromatic carbocycles. The molecule has 1 unspecified atom stereocenters. The van der Waals surface area contributed by atoms with Crippen LogP contribution in [-0.4, -0.2) is 0 Å². The Morgan fingerprint density at radius 3 is 2.00 bits per heavy atom. The van der Waals surface area contributed by atoms with Gasteiger partial charge in [-0.25, -0.2) is 0 Å². The molecular weight excluding hydrogens is 274 g/mol. The molecule has 0 amide bonds. The molecule has 2 rings (SSSR count). The summed E-state index contributed by atoms with van der Waals surface area (Å²) in [6.07, 6.45) is 0. The number of aryl methyl sites for hydroxylation is 2. The Kier molecular flexibility index (Phi) is 3.65. The lowest BCUT2D eigenvalue weighted by molar-refractivity contribution is 0.867. The summed E-state index contributed by atoms with van der Waals surface area (Å²) in [6, 6.07) is 14.4. The van der Waals surface area contributed by atoms with Crippen LogP contribution in [0.5, 0.6) is 0 Å². The third kappa shape index (κ3) is 2.59. The smallest absolute Gasteiger partial charge is 0.0551 e. The van der Waals surface area contributed by atoms with Gasteiger partial charge in [0, 0.05) is 4.47 Å². The Morgan fingerprint density at radius 2 is 1.47 bits per heavy atom. The third-order valence-corrected chi connectivity index (χ3v) is 4.23. The Balaban J connectivity index is 2.41. The van der Waals surface area contributed by atoms with Crippen molar-refractivity contribution in [2.45, 2.75) is 19.9 Å². The fourth-order valence-corrected chi connectivity index (χ4v) is 2.24. The molecule has 2 N–H and O–H groups in total. The normalized spacial score (nSPS) is 12.5. The average molecular weight is 290 g/mol. The van der Waals surface area contributed by atoms with Crippen LogP contribution in [0.1, 0.15) is 28.3 Å². The van der Waals surface area contributed by atoms with E-state index >= 15 is 0 Å². The maximum absolute atomic E-state index is 6.29. The maximum atomic E-state index is 6.29. The van der Waals surface area contributed by atoms with E-state index in [2.05, 4.69) is 54.0 Å². The van der Waals surface area contributed by atoms with Crippen molar-refractivity contribution in [2.24, 2.45) is 5.73 Å². The molecule has 1 atom stereocenters. The van der Waals surface area contributed by atoms with Crippen LogP contribution in [0.25, 0.3) is 0 Å². The van der Waals surface area contributed by atoms with Crippen LogP contribution in [0.15, 0.2) is 46.9 Å². The molecule has 0 aliphatic heterocycles. The summed E-state index contributed by atoms with van der Waals surface area (Å²) in [6.45, 7) is 4.19. The van der Waals surface area contributed by atoms with Crippen LogP contribution in [-0.2, 0) is 0 Å². The number of halogens is 1. The van der Waals surface area contributed by atoms with Gasteiger partial charge in [0.05, 0.1) is 6.04 Å². The molecule has 0 spiro atoms. The molecular formula is C15H16BrN. The topological polar surface area (TPSA) is 26.0 Å². The quantitative estimate of drug-likeness (QED) is 0.884. The number of hydrogen-bond donors (Lipinski definition) is 1. The fraction of sp³-hybridized carbons (Fsp3) is 0.200. The molecule has 0 saturated carbocycles. The minimum atomic E-state index is -0.0540. The second kappa shape index (κ2) is 5.03. The van der Waals surface area contributed by atoms with Crippen molar-refractivity contribution in [2.75, 3.05) is 0 Å². The van der Waals surface area contributed by atoms with Gasteiger partial charge >= 0.3 is 0 Å². The summed E-state index contributed by atoms with van der Waals surface area (Å²) in [5.74, 6) is 0. The average Bonchev–Trinajstić information content (AvgIpc) is 2.35. The minimum absolute atomic E-state index is 0.0540. The highest BCUT2D eigenvalue weighted by atomic mass is 79.9. The molecule has 0 aliphatic carbocycles. The highest BCUT2D eigenvalue weighted by molar-refractivity contribution is 9.10. The predicted octanol–water partition coefficient (Wildman–Crippen LogP) is 4.11. The molecule has 0 bridgehead atoms. The molecule has 88 valence electrons. The van der Waals surface area contributed by atoms with E-state index in [4.69, 9.17) is 5.73 Å². The number of nitrogens with two attached hydrogens (primary N) is 1. The lowest BCUT2D eigenvalue weighted by Gasteiger charge is -2.15. The van der Waals surface area contributed by atoms with Crippen molar-refractivity contribution >= 4 is 15.9 Å². The standard InChI is InChI=1S/C15H16BrN/c1-10-8-13(9-11(2)14(10)16)15(17)12-6-4-3-5-7-12/h3-9,15H,17H2,1-2H3. The van der Waals surface area contributed by atoms with Gasteiger partial charge in [0.25, 0.3) is 0 Å². The van der Waals surface area contributed by atoms with Crippen LogP contribution >= 0.6 is 15.9 Å². The Labute approximate surface area is 111 Å². The number of hydrogen-bond acceptors (Lipinski definition) is 1. The summed E-state index contributed by atoms with van der Waals surface area (Å²) >= 11 is 3.58. The van der Waals surface area contributed by atoms with Crippen molar-refractivity contribution < 1.29 is 0 Å². The van der Waals surface area contributed by atoms with E-state index in [0.29, 0.717) is 0 Å². The Morgan fingerprint density at radius 1 is 0.941 bits per heavy atom. The van der Waals surface area contributed by atoms with Gasteiger partial charge in [-0.15, -0.1) is 0 Å². The van der Waals surface area contributed by atoms with Gasteiger partial charge in [0.15, 0.2) is 0 Å². The van der Waals surface area contributed by atoms with Crippen molar-refractivity contribution in [1.29, 1.82) is 0 Å². The lowest BCUT2D eigenvalue weighted by atomic mass is 9.96. The summed E-state index contributed by atoms with van der Waals surface area (Å²) in [7, 11) is 0. The van der Waals surface area contributed by atoms with E-state index < -0.39 is 0 Å². The lowest BCUT2D eigenvalue weighted by Crippen LogP contribution is -2.12. The molecule has 0 saturated heterocycles. The Bertz CT molecular complexity index is 497. The van der Waals surface area contributed by atoms with Gasteiger partial charge < -0.3 is 5.73 Å². The summed E-state index contributed by atoms with van der Waals surface area (Å²) in [5, 5.41) is 0. The minimum Gasteiger partial charge on any atom is -0.320 e. The first kappa shape index (κ1) is 12.3. The van der Waals surface area contributed by atoms with E-state index in [9.17, 15) is 0 Å². The molecule has 0 fully saturated rings. The monoisotopic (exact) mass is 289 g/mol. The molecule has 0 heterocycles. The summed E-state index contributed by atoms with van der Waals surface area (Å²) in [5.41, 5.74) is 11.1. The zero-order chi connectivity index (χ0) is 12.4. The zero-order valence-electron chi connectivity index (χ0n) is 10.1. The summed E-state index contributed by atoms with van der Waals surface area (Å²) < 4.78 is 1.17. The van der Waals surface area contributed by atoms with Crippen LogP contribution in [0.3, 0.4) is 0 Å². The largest absolute Gasteiger partial charge is 0.320 e. The zero-order valence-corrected chi connectivity index (χ0v) is 11.7. The first-order chi connectivity index (χ1) is 8.09. The van der Waals surface area contributed by atoms with Gasteiger partial charge in [-0.3, -0.25) is 0 Å². The molecule has 2 heteroatoms. The van der Waals surface area contributed by atoms with Crippen molar-refractivity contribution in [3.05, 3.63) is 69.2 Å². The highest BCUT2D eigenvalue weighted by Crippen LogP contribution is 2.27. The molecule has 1 nitrogen and oxygen atoms in total. The van der Waals surface area contributed by atoms with Gasteiger partial charge in [0.1, 0.15) is 0 Å². The molecule has 2 aromatic rings. The predicted molar refractivity (Wildman–Crippen MR) is 76.1 cm³/mol. The van der Waals surface area contributed by atoms with Crippen molar-refractivity contribution in [3.63, 3.8) is 0 Å². The van der Waals surface area contributed by atoms with Crippen LogP contribution in [0.4, 0.5) is 0 Å². The van der Waals surface area contributed by atoms with E-state index in [1.807, 2.05) is 18.2 Å². The van der Waals surface area contributed by atoms with E-state index in [-0.39, 0.29) is 6.04 Å². The van der Waals surface area contributed by atoms with Crippen LogP contribution in [0.2, 0.25) is 0 Å². The maximum Gasteiger partial charge on any atom is 0.0551 e. The second-order valence-electron chi connectivity index (χ2n) is 4.36. The molecule has 0 aliphatic rings. The molecule has 0 aromatic heterocycles. The van der Waals surface area contributed by atoms with Gasteiger partial charge in [-0.2, -0.15) is 0 Å². The second-order valence-corrected chi connectivity index (χ2v) is 5.15. The van der Waals surface area contributed by atoms with Gasteiger partial charge in [-0.1, -0.05) is 58.4 Å². The highest BCUT2D eigenvalue weighted by Gasteiger charge is 2.11. The van der Waals surface area contributed by atoms with Crippen LogP contribution < -0.4 is 5.73 Å². The molecule has 0 radical (unpaired) electrons. The van der Waals surface area contributed by atoms with E-state index in [0.717, 1.165) is 11.1 Å². The Hall–Kier alpha value is -1.12. The van der Waals surface area contributed by atoms with Crippen molar-refractivity contribution in [1.82, 2.24) is 0 Å². The fourth-order valence-electron chi connectivity index (χ4n) is 2.01. The third-order valence-electron chi connectivity index (χ3n) is 2.98. The van der Waals surface area contributed by atoms with Gasteiger partial charge in [-0.05, 0) is 36.1 Å². The first-order valence-corrected chi connectivity index (χ1v) is 6.46. The molecule has 17 heavy (non-hydrogen) atoms. The van der Waals surface area contributed by atoms with E-state index in [1.165, 1.54) is 15.6 Å². The summed E-state index contributed by atoms with van der Waals surface area (Å²) in [4.78, 5) is 0. The first-order valence-electron chi connectivity index (χ1n) is 5.67. The van der Waals surface area contributed by atoms with Gasteiger partial charge in [0.2, 0.25) is 0 Å². The SMILES string of the molecule is Cc1cc(C(N)c2ccccc2)cc(C)c1Br. The number of benzene rings is 2. The van der Waals surface area contributed by atoms with Crippen LogP contribution in [0, 0.1) is 13.8 Å². The van der Waals surface area contributed by atoms with Crippen molar-refractivity contribution in [3.8, 4) is 0 Å². The number of rotatable bonds is 2.